The number of aliphatic carboxylic acids is 2. The number of nitrogens with two attached hydrogens (primary N) is 1. The SMILES string of the molecule is N[C@@H](C[C@H](O)[C@@H](O)C(=O)O)C(=O)O. The fraction of sp³-hybridized carbons (Fsp3) is 0.667. The van der Waals surface area contributed by atoms with Gasteiger partial charge in [0.25, 0.3) is 0 Å². The molecule has 0 rings (SSSR count). The smallest absolute Gasteiger partial charge is 0.335 e. The lowest BCUT2D eigenvalue weighted by atomic mass is 10.1. The maximum absolute atomic E-state index is 10.2. The van der Waals surface area contributed by atoms with Crippen LogP contribution in [0.15, 0.2) is 0 Å². The number of hydrogen-bond donors (Lipinski definition) is 5. The van der Waals surface area contributed by atoms with E-state index in [1.54, 1.807) is 0 Å². The molecule has 0 aliphatic heterocycles. The fourth-order valence-corrected chi connectivity index (χ4v) is 0.654. The summed E-state index contributed by atoms with van der Waals surface area (Å²) in [7, 11) is 0. The van der Waals surface area contributed by atoms with Crippen LogP contribution in [-0.4, -0.2) is 50.6 Å². The molecule has 0 aromatic rings. The average Bonchev–Trinajstić information content (AvgIpc) is 2.02. The van der Waals surface area contributed by atoms with E-state index in [2.05, 4.69) is 0 Å². The Hall–Kier alpha value is -1.18. The van der Waals surface area contributed by atoms with Crippen molar-refractivity contribution in [2.24, 2.45) is 5.73 Å². The topological polar surface area (TPSA) is 141 Å². The van der Waals surface area contributed by atoms with Crippen molar-refractivity contribution in [1.82, 2.24) is 0 Å². The molecule has 0 aromatic heterocycles. The molecular weight excluding hydrogens is 182 g/mol. The molecule has 76 valence electrons. The van der Waals surface area contributed by atoms with E-state index in [1.165, 1.54) is 0 Å². The summed E-state index contributed by atoms with van der Waals surface area (Å²) in [5, 5.41) is 34.2. The summed E-state index contributed by atoms with van der Waals surface area (Å²) in [6.45, 7) is 0. The molecule has 13 heavy (non-hydrogen) atoms. The molecule has 7 heteroatoms. The van der Waals surface area contributed by atoms with Crippen molar-refractivity contribution in [3.05, 3.63) is 0 Å². The van der Waals surface area contributed by atoms with E-state index in [1.807, 2.05) is 0 Å². The number of carbonyl (C=O) groups is 2. The molecule has 0 bridgehead atoms. The highest BCUT2D eigenvalue weighted by Crippen LogP contribution is 2.02. The maximum Gasteiger partial charge on any atom is 0.335 e. The number of rotatable bonds is 5. The van der Waals surface area contributed by atoms with Gasteiger partial charge >= 0.3 is 11.9 Å². The zero-order chi connectivity index (χ0) is 10.6. The number of carboxylic acid groups (broad SMARTS) is 2. The predicted octanol–water partition coefficient (Wildman–Crippen LogP) is -2.41. The van der Waals surface area contributed by atoms with Gasteiger partial charge in [0.2, 0.25) is 0 Å². The summed E-state index contributed by atoms with van der Waals surface area (Å²) in [6, 6.07) is -1.39. The summed E-state index contributed by atoms with van der Waals surface area (Å²) in [6.07, 6.45) is -4.20. The highest BCUT2D eigenvalue weighted by atomic mass is 16.4. The molecule has 0 aliphatic carbocycles. The number of aliphatic hydroxyl groups excluding tert-OH is 2. The Labute approximate surface area is 73.4 Å². The number of carboxylic acids is 2. The first-order valence-electron chi connectivity index (χ1n) is 3.43. The van der Waals surface area contributed by atoms with Gasteiger partial charge in [-0.25, -0.2) is 4.79 Å². The van der Waals surface area contributed by atoms with Crippen molar-refractivity contribution in [3.63, 3.8) is 0 Å². The molecule has 0 aromatic carbocycles. The van der Waals surface area contributed by atoms with Crippen molar-refractivity contribution < 1.29 is 30.0 Å². The molecule has 6 N–H and O–H groups in total. The normalized spacial score (nSPS) is 17.5. The number of aliphatic hydroxyl groups is 2. The van der Waals surface area contributed by atoms with Crippen LogP contribution in [0.4, 0.5) is 0 Å². The molecule has 3 atom stereocenters. The summed E-state index contributed by atoms with van der Waals surface area (Å²) in [5.41, 5.74) is 4.99. The zero-order valence-electron chi connectivity index (χ0n) is 6.62. The largest absolute Gasteiger partial charge is 0.480 e. The van der Waals surface area contributed by atoms with E-state index in [0.29, 0.717) is 0 Å². The van der Waals surface area contributed by atoms with Crippen LogP contribution in [0.2, 0.25) is 0 Å². The van der Waals surface area contributed by atoms with Crippen LogP contribution < -0.4 is 5.73 Å². The van der Waals surface area contributed by atoms with Crippen LogP contribution in [-0.2, 0) is 9.59 Å². The molecule has 0 radical (unpaired) electrons. The van der Waals surface area contributed by atoms with Gasteiger partial charge in [0.15, 0.2) is 6.10 Å². The van der Waals surface area contributed by atoms with Gasteiger partial charge in [-0.3, -0.25) is 4.79 Å². The zero-order valence-corrected chi connectivity index (χ0v) is 6.62. The van der Waals surface area contributed by atoms with Crippen molar-refractivity contribution in [2.75, 3.05) is 0 Å². The first-order valence-corrected chi connectivity index (χ1v) is 3.43. The second-order valence-electron chi connectivity index (χ2n) is 2.53. The molecule has 0 amide bonds. The molecular formula is C6H11NO6. The Morgan fingerprint density at radius 2 is 1.62 bits per heavy atom. The van der Waals surface area contributed by atoms with Crippen molar-refractivity contribution in [1.29, 1.82) is 0 Å². The Balaban J connectivity index is 4.06. The summed E-state index contributed by atoms with van der Waals surface area (Å²) in [4.78, 5) is 20.3. The fourth-order valence-electron chi connectivity index (χ4n) is 0.654. The molecule has 0 spiro atoms. The second-order valence-corrected chi connectivity index (χ2v) is 2.53. The molecule has 0 saturated heterocycles. The standard InChI is InChI=1S/C6H11NO6/c7-2(5(10)11)1-3(8)4(9)6(12)13/h2-4,8-9H,1,7H2,(H,10,11)(H,12,13)/t2-,3-,4+/m0/s1. The average molecular weight is 193 g/mol. The van der Waals surface area contributed by atoms with E-state index in [9.17, 15) is 9.59 Å². The third-order valence-electron chi connectivity index (χ3n) is 1.43. The minimum Gasteiger partial charge on any atom is -0.480 e. The third kappa shape index (κ3) is 3.83. The lowest BCUT2D eigenvalue weighted by molar-refractivity contribution is -0.154. The van der Waals surface area contributed by atoms with E-state index in [0.717, 1.165) is 0 Å². The second kappa shape index (κ2) is 4.75. The van der Waals surface area contributed by atoms with Crippen LogP contribution >= 0.6 is 0 Å². The van der Waals surface area contributed by atoms with Crippen LogP contribution in [0.5, 0.6) is 0 Å². The van der Waals surface area contributed by atoms with E-state index in [-0.39, 0.29) is 0 Å². The van der Waals surface area contributed by atoms with Crippen molar-refractivity contribution in [2.45, 2.75) is 24.7 Å². The van der Waals surface area contributed by atoms with Gasteiger partial charge < -0.3 is 26.2 Å². The molecule has 0 heterocycles. The van der Waals surface area contributed by atoms with Crippen molar-refractivity contribution in [3.8, 4) is 0 Å². The Bertz CT molecular complexity index is 205. The summed E-state index contributed by atoms with van der Waals surface area (Å²) < 4.78 is 0. The van der Waals surface area contributed by atoms with Gasteiger partial charge in [0.05, 0.1) is 6.10 Å². The van der Waals surface area contributed by atoms with Gasteiger partial charge in [0, 0.05) is 6.42 Å². The van der Waals surface area contributed by atoms with Crippen LogP contribution in [0.3, 0.4) is 0 Å². The minimum absolute atomic E-state index is 0.511. The van der Waals surface area contributed by atoms with Gasteiger partial charge in [-0.1, -0.05) is 0 Å². The van der Waals surface area contributed by atoms with Crippen LogP contribution in [0, 0.1) is 0 Å². The van der Waals surface area contributed by atoms with E-state index < -0.39 is 36.6 Å². The van der Waals surface area contributed by atoms with Gasteiger partial charge in [-0.15, -0.1) is 0 Å². The molecule has 0 fully saturated rings. The lowest BCUT2D eigenvalue weighted by Gasteiger charge is -2.15. The van der Waals surface area contributed by atoms with Crippen LogP contribution in [0.25, 0.3) is 0 Å². The first-order chi connectivity index (χ1) is 5.86. The Morgan fingerprint density at radius 1 is 1.15 bits per heavy atom. The van der Waals surface area contributed by atoms with E-state index in [4.69, 9.17) is 26.2 Å². The number of hydrogen-bond acceptors (Lipinski definition) is 5. The lowest BCUT2D eigenvalue weighted by Crippen LogP contribution is -2.41. The first kappa shape index (κ1) is 11.8. The summed E-state index contributed by atoms with van der Waals surface area (Å²) in [5.74, 6) is -2.98. The monoisotopic (exact) mass is 193 g/mol. The molecule has 0 unspecified atom stereocenters. The third-order valence-corrected chi connectivity index (χ3v) is 1.43. The molecule has 0 aliphatic rings. The Morgan fingerprint density at radius 3 is 1.92 bits per heavy atom. The Kier molecular flexibility index (Phi) is 4.32. The molecule has 0 saturated carbocycles. The highest BCUT2D eigenvalue weighted by Gasteiger charge is 2.27. The maximum atomic E-state index is 10.2. The quantitative estimate of drug-likeness (QED) is 0.327. The van der Waals surface area contributed by atoms with Gasteiger partial charge in [-0.05, 0) is 0 Å². The van der Waals surface area contributed by atoms with Crippen molar-refractivity contribution >= 4 is 11.9 Å². The van der Waals surface area contributed by atoms with Gasteiger partial charge in [0.1, 0.15) is 6.04 Å². The van der Waals surface area contributed by atoms with Crippen LogP contribution in [0.1, 0.15) is 6.42 Å². The summed E-state index contributed by atoms with van der Waals surface area (Å²) >= 11 is 0. The highest BCUT2D eigenvalue weighted by molar-refractivity contribution is 5.74. The molecule has 7 nitrogen and oxygen atoms in total. The minimum atomic E-state index is -2.01. The van der Waals surface area contributed by atoms with Gasteiger partial charge in [-0.2, -0.15) is 0 Å². The predicted molar refractivity (Wildman–Crippen MR) is 39.9 cm³/mol. The van der Waals surface area contributed by atoms with E-state index >= 15 is 0 Å².